The molecular formula is C19H28Cl2N4O2S. The molecule has 2 aromatic rings. The highest BCUT2D eigenvalue weighted by Crippen LogP contribution is 2.21. The first kappa shape index (κ1) is 26.3. The van der Waals surface area contributed by atoms with E-state index >= 15 is 0 Å². The number of benzene rings is 1. The fourth-order valence-electron chi connectivity index (χ4n) is 2.15. The molecule has 1 heterocycles. The third kappa shape index (κ3) is 8.14. The zero-order valence-corrected chi connectivity index (χ0v) is 18.9. The monoisotopic (exact) mass is 446 g/mol. The molecule has 2 amide bonds. The lowest BCUT2D eigenvalue weighted by atomic mass is 9.96. The highest BCUT2D eigenvalue weighted by atomic mass is 35.5. The summed E-state index contributed by atoms with van der Waals surface area (Å²) in [7, 11) is 0. The molecule has 3 N–H and O–H groups in total. The summed E-state index contributed by atoms with van der Waals surface area (Å²) in [4.78, 5) is 28.7. The highest BCUT2D eigenvalue weighted by molar-refractivity contribution is 7.13. The fourth-order valence-corrected chi connectivity index (χ4v) is 2.85. The average Bonchev–Trinajstić information content (AvgIpc) is 3.00. The van der Waals surface area contributed by atoms with E-state index in [9.17, 15) is 9.59 Å². The summed E-state index contributed by atoms with van der Waals surface area (Å²) in [5, 5.41) is 11.3. The van der Waals surface area contributed by atoms with Crippen LogP contribution in [0.15, 0.2) is 29.6 Å². The largest absolute Gasteiger partial charge is 0.325 e. The number of carbonyl (C=O) groups is 2. The van der Waals surface area contributed by atoms with Crippen LogP contribution in [0, 0.1) is 5.41 Å². The van der Waals surface area contributed by atoms with Crippen LogP contribution in [0.1, 0.15) is 39.0 Å². The van der Waals surface area contributed by atoms with Crippen molar-refractivity contribution < 1.29 is 9.59 Å². The molecule has 0 saturated carbocycles. The molecule has 0 aliphatic carbocycles. The van der Waals surface area contributed by atoms with Gasteiger partial charge in [-0.05, 0) is 18.2 Å². The number of anilines is 2. The number of carbonyl (C=O) groups excluding carboxylic acids is 2. The molecule has 28 heavy (non-hydrogen) atoms. The molecule has 1 aromatic heterocycles. The Bertz CT molecular complexity index is 775. The molecule has 0 aliphatic heterocycles. The molecule has 9 heteroatoms. The van der Waals surface area contributed by atoms with Crippen molar-refractivity contribution in [2.24, 2.45) is 5.41 Å². The van der Waals surface area contributed by atoms with Crippen LogP contribution < -0.4 is 16.0 Å². The summed E-state index contributed by atoms with van der Waals surface area (Å²) in [6, 6.07) is 7.73. The maximum absolute atomic E-state index is 12.3. The Morgan fingerprint density at radius 2 is 1.79 bits per heavy atom. The maximum atomic E-state index is 12.3. The second-order valence-corrected chi connectivity index (χ2v) is 7.87. The standard InChI is InChI=1S/C19H26N4O2S.2ClH/c1-5-20-11-13-8-6-7-9-15(13)22-16(24)10-14-12-26-18(21-14)23-17(25)19(2,3)4;;/h6-9,12,20H,5,10-11H2,1-4H3,(H,22,24)(H,21,23,25);2*1H. The van der Waals surface area contributed by atoms with Gasteiger partial charge in [0.2, 0.25) is 11.8 Å². The molecular weight excluding hydrogens is 419 g/mol. The minimum Gasteiger partial charge on any atom is -0.325 e. The third-order valence-electron chi connectivity index (χ3n) is 3.65. The maximum Gasteiger partial charge on any atom is 0.231 e. The van der Waals surface area contributed by atoms with Gasteiger partial charge in [0.15, 0.2) is 5.13 Å². The van der Waals surface area contributed by atoms with Crippen molar-refractivity contribution in [3.05, 3.63) is 40.9 Å². The minimum atomic E-state index is -0.487. The number of nitrogens with one attached hydrogen (secondary N) is 3. The van der Waals surface area contributed by atoms with E-state index < -0.39 is 5.41 Å². The van der Waals surface area contributed by atoms with Gasteiger partial charge in [0, 0.05) is 23.0 Å². The van der Waals surface area contributed by atoms with E-state index in [2.05, 4.69) is 20.9 Å². The summed E-state index contributed by atoms with van der Waals surface area (Å²) >= 11 is 1.32. The first-order chi connectivity index (χ1) is 12.3. The molecule has 2 rings (SSSR count). The molecule has 156 valence electrons. The zero-order chi connectivity index (χ0) is 19.2. The number of para-hydroxylation sites is 1. The Hall–Kier alpha value is -1.67. The molecule has 6 nitrogen and oxygen atoms in total. The average molecular weight is 447 g/mol. The summed E-state index contributed by atoms with van der Waals surface area (Å²) < 4.78 is 0. The van der Waals surface area contributed by atoms with Gasteiger partial charge in [0.05, 0.1) is 12.1 Å². The number of hydrogen-bond acceptors (Lipinski definition) is 5. The van der Waals surface area contributed by atoms with E-state index in [1.807, 2.05) is 52.0 Å². The van der Waals surface area contributed by atoms with E-state index in [1.54, 1.807) is 5.38 Å². The molecule has 0 spiro atoms. The van der Waals surface area contributed by atoms with Gasteiger partial charge in [0.1, 0.15) is 0 Å². The Labute approximate surface area is 182 Å². The molecule has 0 bridgehead atoms. The van der Waals surface area contributed by atoms with Crippen LogP contribution in [0.5, 0.6) is 0 Å². The van der Waals surface area contributed by atoms with Crippen LogP contribution in [0.4, 0.5) is 10.8 Å². The highest BCUT2D eigenvalue weighted by Gasteiger charge is 2.22. The molecule has 0 unspecified atom stereocenters. The van der Waals surface area contributed by atoms with Crippen LogP contribution >= 0.6 is 36.2 Å². The van der Waals surface area contributed by atoms with Crippen LogP contribution in [0.3, 0.4) is 0 Å². The van der Waals surface area contributed by atoms with E-state index in [0.717, 1.165) is 17.8 Å². The van der Waals surface area contributed by atoms with Gasteiger partial charge in [-0.2, -0.15) is 0 Å². The second kappa shape index (κ2) is 12.0. The van der Waals surface area contributed by atoms with Crippen LogP contribution in [-0.4, -0.2) is 23.3 Å². The van der Waals surface area contributed by atoms with Crippen molar-refractivity contribution in [1.29, 1.82) is 0 Å². The van der Waals surface area contributed by atoms with Crippen LogP contribution in [-0.2, 0) is 22.6 Å². The lowest BCUT2D eigenvalue weighted by molar-refractivity contribution is -0.123. The van der Waals surface area contributed by atoms with E-state index in [0.29, 0.717) is 17.4 Å². The van der Waals surface area contributed by atoms with Gasteiger partial charge < -0.3 is 16.0 Å². The molecule has 0 aliphatic rings. The number of amides is 2. The predicted octanol–water partition coefficient (Wildman–Crippen LogP) is 4.26. The van der Waals surface area contributed by atoms with Crippen molar-refractivity contribution in [3.8, 4) is 0 Å². The number of thiazole rings is 1. The van der Waals surface area contributed by atoms with Crippen LogP contribution in [0.25, 0.3) is 0 Å². The molecule has 0 atom stereocenters. The Balaban J connectivity index is 0.00000364. The van der Waals surface area contributed by atoms with E-state index in [-0.39, 0.29) is 43.0 Å². The Morgan fingerprint density at radius 1 is 1.11 bits per heavy atom. The van der Waals surface area contributed by atoms with Crippen LogP contribution in [0.2, 0.25) is 0 Å². The van der Waals surface area contributed by atoms with E-state index in [1.165, 1.54) is 11.3 Å². The third-order valence-corrected chi connectivity index (χ3v) is 4.46. The lowest BCUT2D eigenvalue weighted by Gasteiger charge is -2.15. The van der Waals surface area contributed by atoms with Gasteiger partial charge in [-0.15, -0.1) is 36.2 Å². The van der Waals surface area contributed by atoms with Gasteiger partial charge in [-0.25, -0.2) is 4.98 Å². The van der Waals surface area contributed by atoms with Crippen molar-refractivity contribution in [3.63, 3.8) is 0 Å². The van der Waals surface area contributed by atoms with Crippen molar-refractivity contribution in [2.45, 2.75) is 40.7 Å². The number of aromatic nitrogens is 1. The lowest BCUT2D eigenvalue weighted by Crippen LogP contribution is -2.27. The normalized spacial score (nSPS) is 10.4. The number of halogens is 2. The topological polar surface area (TPSA) is 83.1 Å². The van der Waals surface area contributed by atoms with Gasteiger partial charge >= 0.3 is 0 Å². The Kier molecular flexibility index (Phi) is 11.3. The molecule has 0 fully saturated rings. The Morgan fingerprint density at radius 3 is 2.43 bits per heavy atom. The molecule has 0 radical (unpaired) electrons. The summed E-state index contributed by atoms with van der Waals surface area (Å²) in [6.07, 6.45) is 0.164. The number of nitrogens with zero attached hydrogens (tertiary/aromatic N) is 1. The van der Waals surface area contributed by atoms with Crippen molar-refractivity contribution in [2.75, 3.05) is 17.2 Å². The van der Waals surface area contributed by atoms with Crippen molar-refractivity contribution >= 4 is 58.8 Å². The molecule has 0 saturated heterocycles. The predicted molar refractivity (Wildman–Crippen MR) is 121 cm³/mol. The SMILES string of the molecule is CCNCc1ccccc1NC(=O)Cc1csc(NC(=O)C(C)(C)C)n1.Cl.Cl. The minimum absolute atomic E-state index is 0. The summed E-state index contributed by atoms with van der Waals surface area (Å²) in [5.41, 5.74) is 1.99. The number of hydrogen-bond donors (Lipinski definition) is 3. The summed E-state index contributed by atoms with van der Waals surface area (Å²) in [5.74, 6) is -0.229. The first-order valence-electron chi connectivity index (χ1n) is 8.64. The van der Waals surface area contributed by atoms with Crippen molar-refractivity contribution in [1.82, 2.24) is 10.3 Å². The second-order valence-electron chi connectivity index (χ2n) is 7.01. The smallest absolute Gasteiger partial charge is 0.231 e. The zero-order valence-electron chi connectivity index (χ0n) is 16.5. The van der Waals surface area contributed by atoms with Gasteiger partial charge in [-0.1, -0.05) is 45.9 Å². The quantitative estimate of drug-likeness (QED) is 0.592. The number of rotatable bonds is 7. The van der Waals surface area contributed by atoms with Gasteiger partial charge in [0.25, 0.3) is 0 Å². The molecule has 1 aromatic carbocycles. The van der Waals surface area contributed by atoms with E-state index in [4.69, 9.17) is 0 Å². The summed E-state index contributed by atoms with van der Waals surface area (Å²) in [6.45, 7) is 9.13. The first-order valence-corrected chi connectivity index (χ1v) is 9.52. The fraction of sp³-hybridized carbons (Fsp3) is 0.421. The van der Waals surface area contributed by atoms with Gasteiger partial charge in [-0.3, -0.25) is 9.59 Å².